The van der Waals surface area contributed by atoms with Crippen LogP contribution in [-0.4, -0.2) is 33.9 Å². The van der Waals surface area contributed by atoms with E-state index in [1.165, 1.54) is 12.1 Å². The smallest absolute Gasteiger partial charge is 0.233 e. The summed E-state index contributed by atoms with van der Waals surface area (Å²) in [6.45, 7) is 5.04. The van der Waals surface area contributed by atoms with Gasteiger partial charge in [0.15, 0.2) is 11.6 Å². The molecule has 0 fully saturated rings. The predicted octanol–water partition coefficient (Wildman–Crippen LogP) is 1.58. The number of ether oxygens (including phenoxy) is 1. The van der Waals surface area contributed by atoms with E-state index in [4.69, 9.17) is 4.74 Å². The van der Waals surface area contributed by atoms with Gasteiger partial charge < -0.3 is 10.1 Å². The van der Waals surface area contributed by atoms with E-state index in [9.17, 15) is 12.8 Å². The normalized spacial score (nSPS) is 11.3. The SMILES string of the molecule is CCNCCS(=O)(=O)Nc1ccc(OCC)c(F)c1. The highest BCUT2D eigenvalue weighted by molar-refractivity contribution is 7.92. The average Bonchev–Trinajstić information content (AvgIpc) is 2.32. The summed E-state index contributed by atoms with van der Waals surface area (Å²) in [5.74, 6) is -0.540. The molecule has 19 heavy (non-hydrogen) atoms. The van der Waals surface area contributed by atoms with Crippen LogP contribution in [-0.2, 0) is 10.0 Å². The Balaban J connectivity index is 2.69. The van der Waals surface area contributed by atoms with Crippen molar-refractivity contribution in [2.45, 2.75) is 13.8 Å². The molecule has 0 aliphatic carbocycles. The van der Waals surface area contributed by atoms with E-state index in [1.54, 1.807) is 6.92 Å². The van der Waals surface area contributed by atoms with E-state index in [-0.39, 0.29) is 17.2 Å². The number of hydrogen-bond acceptors (Lipinski definition) is 4. The lowest BCUT2D eigenvalue weighted by molar-refractivity contribution is 0.321. The third-order valence-electron chi connectivity index (χ3n) is 2.30. The summed E-state index contributed by atoms with van der Waals surface area (Å²) >= 11 is 0. The summed E-state index contributed by atoms with van der Waals surface area (Å²) in [5, 5.41) is 2.91. The summed E-state index contributed by atoms with van der Waals surface area (Å²) in [6.07, 6.45) is 0. The molecule has 0 aliphatic heterocycles. The van der Waals surface area contributed by atoms with E-state index < -0.39 is 15.8 Å². The lowest BCUT2D eigenvalue weighted by Crippen LogP contribution is -2.26. The number of anilines is 1. The van der Waals surface area contributed by atoms with Crippen LogP contribution >= 0.6 is 0 Å². The first-order chi connectivity index (χ1) is 8.98. The molecule has 0 aliphatic rings. The van der Waals surface area contributed by atoms with Crippen molar-refractivity contribution >= 4 is 15.7 Å². The van der Waals surface area contributed by atoms with Crippen LogP contribution in [0.3, 0.4) is 0 Å². The summed E-state index contributed by atoms with van der Waals surface area (Å²) in [6, 6.07) is 3.98. The van der Waals surface area contributed by atoms with Crippen molar-refractivity contribution < 1.29 is 17.5 Å². The maximum absolute atomic E-state index is 13.5. The molecular formula is C12H19FN2O3S. The highest BCUT2D eigenvalue weighted by Crippen LogP contribution is 2.21. The Hall–Kier alpha value is -1.34. The molecule has 0 spiro atoms. The van der Waals surface area contributed by atoms with Gasteiger partial charge in [-0.25, -0.2) is 12.8 Å². The van der Waals surface area contributed by atoms with E-state index in [0.29, 0.717) is 19.7 Å². The molecule has 0 unspecified atom stereocenters. The van der Waals surface area contributed by atoms with Gasteiger partial charge in [-0.1, -0.05) is 6.92 Å². The van der Waals surface area contributed by atoms with Gasteiger partial charge >= 0.3 is 0 Å². The van der Waals surface area contributed by atoms with Crippen LogP contribution < -0.4 is 14.8 Å². The van der Waals surface area contributed by atoms with Crippen molar-refractivity contribution in [3.8, 4) is 5.75 Å². The molecule has 0 amide bonds. The van der Waals surface area contributed by atoms with Gasteiger partial charge in [0.2, 0.25) is 10.0 Å². The second-order valence-corrected chi connectivity index (χ2v) is 5.69. The van der Waals surface area contributed by atoms with Crippen LogP contribution in [0.25, 0.3) is 0 Å². The Kier molecular flexibility index (Phi) is 6.04. The van der Waals surface area contributed by atoms with Gasteiger partial charge in [-0.05, 0) is 25.6 Å². The maximum Gasteiger partial charge on any atom is 0.233 e. The van der Waals surface area contributed by atoms with Crippen LogP contribution in [0.2, 0.25) is 0 Å². The fraction of sp³-hybridized carbons (Fsp3) is 0.500. The molecule has 2 N–H and O–H groups in total. The van der Waals surface area contributed by atoms with Crippen LogP contribution in [0.5, 0.6) is 5.75 Å². The van der Waals surface area contributed by atoms with Gasteiger partial charge in [-0.3, -0.25) is 4.72 Å². The average molecular weight is 290 g/mol. The molecule has 0 bridgehead atoms. The van der Waals surface area contributed by atoms with E-state index >= 15 is 0 Å². The van der Waals surface area contributed by atoms with Gasteiger partial charge in [0, 0.05) is 12.6 Å². The minimum absolute atomic E-state index is 0.0599. The molecule has 5 nitrogen and oxygen atoms in total. The second-order valence-electron chi connectivity index (χ2n) is 3.85. The molecule has 0 saturated heterocycles. The Morgan fingerprint density at radius 2 is 2.05 bits per heavy atom. The quantitative estimate of drug-likeness (QED) is 0.713. The highest BCUT2D eigenvalue weighted by Gasteiger charge is 2.11. The first-order valence-corrected chi connectivity index (χ1v) is 7.77. The zero-order valence-electron chi connectivity index (χ0n) is 11.1. The molecule has 1 aromatic carbocycles. The summed E-state index contributed by atoms with van der Waals surface area (Å²) in [4.78, 5) is 0. The maximum atomic E-state index is 13.5. The molecule has 0 aromatic heterocycles. The lowest BCUT2D eigenvalue weighted by Gasteiger charge is -2.10. The van der Waals surface area contributed by atoms with Crippen molar-refractivity contribution in [1.29, 1.82) is 0 Å². The highest BCUT2D eigenvalue weighted by atomic mass is 32.2. The third kappa shape index (κ3) is 5.44. The van der Waals surface area contributed by atoms with E-state index in [1.807, 2.05) is 6.92 Å². The van der Waals surface area contributed by atoms with Crippen LogP contribution in [0.4, 0.5) is 10.1 Å². The third-order valence-corrected chi connectivity index (χ3v) is 3.59. The predicted molar refractivity (Wildman–Crippen MR) is 73.5 cm³/mol. The minimum Gasteiger partial charge on any atom is -0.491 e. The fourth-order valence-electron chi connectivity index (χ4n) is 1.45. The largest absolute Gasteiger partial charge is 0.491 e. The standard InChI is InChI=1S/C12H19FN2O3S/c1-3-14-7-8-19(16,17)15-10-5-6-12(18-4-2)11(13)9-10/h5-6,9,14-15H,3-4,7-8H2,1-2H3. The van der Waals surface area contributed by atoms with Gasteiger partial charge in [-0.15, -0.1) is 0 Å². The molecular weight excluding hydrogens is 271 g/mol. The van der Waals surface area contributed by atoms with Gasteiger partial charge in [0.25, 0.3) is 0 Å². The van der Waals surface area contributed by atoms with Crippen LogP contribution in [0, 0.1) is 5.82 Å². The van der Waals surface area contributed by atoms with Crippen molar-refractivity contribution in [3.05, 3.63) is 24.0 Å². The van der Waals surface area contributed by atoms with E-state index in [2.05, 4.69) is 10.0 Å². The number of halogens is 1. The Morgan fingerprint density at radius 3 is 2.63 bits per heavy atom. The van der Waals surface area contributed by atoms with E-state index in [0.717, 1.165) is 6.07 Å². The summed E-state index contributed by atoms with van der Waals surface area (Å²) in [7, 11) is -3.47. The number of nitrogens with one attached hydrogen (secondary N) is 2. The number of rotatable bonds is 8. The Labute approximate surface area is 113 Å². The molecule has 0 atom stereocenters. The minimum atomic E-state index is -3.47. The Bertz CT molecular complexity index is 506. The van der Waals surface area contributed by atoms with Crippen molar-refractivity contribution in [2.75, 3.05) is 30.2 Å². The Morgan fingerprint density at radius 1 is 1.32 bits per heavy atom. The van der Waals surface area contributed by atoms with Crippen molar-refractivity contribution in [3.63, 3.8) is 0 Å². The number of sulfonamides is 1. The van der Waals surface area contributed by atoms with Crippen LogP contribution in [0.15, 0.2) is 18.2 Å². The molecule has 1 aromatic rings. The monoisotopic (exact) mass is 290 g/mol. The van der Waals surface area contributed by atoms with Crippen LogP contribution in [0.1, 0.15) is 13.8 Å². The fourth-order valence-corrected chi connectivity index (χ4v) is 2.45. The lowest BCUT2D eigenvalue weighted by atomic mass is 10.3. The molecule has 0 heterocycles. The van der Waals surface area contributed by atoms with Gasteiger partial charge in [0.1, 0.15) is 0 Å². The molecule has 1 rings (SSSR count). The van der Waals surface area contributed by atoms with Crippen molar-refractivity contribution in [1.82, 2.24) is 5.32 Å². The molecule has 0 radical (unpaired) electrons. The molecule has 0 saturated carbocycles. The topological polar surface area (TPSA) is 67.4 Å². The number of benzene rings is 1. The first-order valence-electron chi connectivity index (χ1n) is 6.12. The zero-order valence-corrected chi connectivity index (χ0v) is 11.9. The van der Waals surface area contributed by atoms with Gasteiger partial charge in [-0.2, -0.15) is 0 Å². The second kappa shape index (κ2) is 7.30. The number of hydrogen-bond donors (Lipinski definition) is 2. The van der Waals surface area contributed by atoms with Gasteiger partial charge in [0.05, 0.1) is 18.0 Å². The first kappa shape index (κ1) is 15.7. The zero-order chi connectivity index (χ0) is 14.3. The molecule has 7 heteroatoms. The summed E-state index contributed by atoms with van der Waals surface area (Å²) in [5.41, 5.74) is 0.192. The molecule has 108 valence electrons. The summed E-state index contributed by atoms with van der Waals surface area (Å²) < 4.78 is 44.3. The van der Waals surface area contributed by atoms with Crippen molar-refractivity contribution in [2.24, 2.45) is 0 Å².